The zero-order valence-corrected chi connectivity index (χ0v) is 13.8. The number of ketones is 1. The largest absolute Gasteiger partial charge is 0.507 e. The van der Waals surface area contributed by atoms with E-state index in [1.165, 1.54) is 5.56 Å². The lowest BCUT2D eigenvalue weighted by atomic mass is 10.0. The molecule has 4 heteroatoms. The molecule has 0 aromatic heterocycles. The lowest BCUT2D eigenvalue weighted by Crippen LogP contribution is -2.23. The van der Waals surface area contributed by atoms with Crippen LogP contribution in [0.4, 0.5) is 0 Å². The number of rotatable bonds is 3. The number of carbonyl (C=O) groups excluding carboxylic acids is 1. The van der Waals surface area contributed by atoms with Crippen molar-refractivity contribution >= 4 is 5.78 Å². The van der Waals surface area contributed by atoms with Gasteiger partial charge in [-0.3, -0.25) is 4.79 Å². The fourth-order valence-electron chi connectivity index (χ4n) is 2.95. The number of phenolic OH excluding ortho intramolecular Hbond substituents is 1. The number of phenols is 1. The summed E-state index contributed by atoms with van der Waals surface area (Å²) in [6, 6.07) is 15.5. The predicted molar refractivity (Wildman–Crippen MR) is 95.1 cm³/mol. The molecular formula is C20H22N2O2. The number of benzene rings is 2. The van der Waals surface area contributed by atoms with E-state index in [4.69, 9.17) is 0 Å². The van der Waals surface area contributed by atoms with Gasteiger partial charge in [0.1, 0.15) is 5.75 Å². The summed E-state index contributed by atoms with van der Waals surface area (Å²) >= 11 is 0. The maximum atomic E-state index is 12.5. The van der Waals surface area contributed by atoms with E-state index >= 15 is 0 Å². The first-order valence-corrected chi connectivity index (χ1v) is 8.20. The summed E-state index contributed by atoms with van der Waals surface area (Å²) in [6.07, 6.45) is 2.32. The maximum absolute atomic E-state index is 12.5. The summed E-state index contributed by atoms with van der Waals surface area (Å²) in [4.78, 5) is 12.5. The van der Waals surface area contributed by atoms with E-state index < -0.39 is 0 Å². The Morgan fingerprint density at radius 3 is 2.71 bits per heavy atom. The molecule has 1 unspecified atom stereocenters. The summed E-state index contributed by atoms with van der Waals surface area (Å²) in [5.41, 5.74) is 3.36. The van der Waals surface area contributed by atoms with Gasteiger partial charge in [-0.05, 0) is 30.2 Å². The summed E-state index contributed by atoms with van der Waals surface area (Å²) in [6.45, 7) is 3.48. The first-order valence-electron chi connectivity index (χ1n) is 8.20. The van der Waals surface area contributed by atoms with Crippen molar-refractivity contribution in [2.45, 2.75) is 19.4 Å². The molecule has 1 fully saturated rings. The van der Waals surface area contributed by atoms with Crippen LogP contribution in [0, 0.1) is 6.92 Å². The highest BCUT2D eigenvalue weighted by Gasteiger charge is 2.18. The lowest BCUT2D eigenvalue weighted by Gasteiger charge is -2.16. The highest BCUT2D eigenvalue weighted by Crippen LogP contribution is 2.23. The number of carbonyl (C=O) groups is 1. The van der Waals surface area contributed by atoms with E-state index in [0.29, 0.717) is 12.0 Å². The molecule has 3 rings (SSSR count). The third-order valence-corrected chi connectivity index (χ3v) is 4.22. The molecule has 2 aromatic carbocycles. The van der Waals surface area contributed by atoms with Crippen molar-refractivity contribution in [1.82, 2.24) is 10.6 Å². The average Bonchev–Trinajstić information content (AvgIpc) is 2.81. The van der Waals surface area contributed by atoms with E-state index in [-0.39, 0.29) is 17.6 Å². The summed E-state index contributed by atoms with van der Waals surface area (Å²) < 4.78 is 0. The Hall–Kier alpha value is -2.59. The Labute approximate surface area is 142 Å². The molecule has 2 aromatic rings. The van der Waals surface area contributed by atoms with Crippen LogP contribution in [-0.4, -0.2) is 24.0 Å². The van der Waals surface area contributed by atoms with Crippen LogP contribution in [0.5, 0.6) is 5.75 Å². The first-order chi connectivity index (χ1) is 11.6. The van der Waals surface area contributed by atoms with Gasteiger partial charge in [-0.15, -0.1) is 0 Å². The summed E-state index contributed by atoms with van der Waals surface area (Å²) in [5, 5.41) is 16.8. The van der Waals surface area contributed by atoms with Crippen molar-refractivity contribution < 1.29 is 9.90 Å². The smallest absolute Gasteiger partial charge is 0.191 e. The molecule has 0 aliphatic carbocycles. The zero-order valence-electron chi connectivity index (χ0n) is 13.8. The van der Waals surface area contributed by atoms with Crippen LogP contribution in [0.2, 0.25) is 0 Å². The van der Waals surface area contributed by atoms with Crippen molar-refractivity contribution in [2.24, 2.45) is 0 Å². The van der Waals surface area contributed by atoms with Gasteiger partial charge in [-0.2, -0.15) is 0 Å². The quantitative estimate of drug-likeness (QED) is 0.600. The topological polar surface area (TPSA) is 61.4 Å². The molecule has 0 bridgehead atoms. The predicted octanol–water partition coefficient (Wildman–Crippen LogP) is 3.09. The maximum Gasteiger partial charge on any atom is 0.191 e. The molecule has 24 heavy (non-hydrogen) atoms. The highest BCUT2D eigenvalue weighted by atomic mass is 16.3. The monoisotopic (exact) mass is 322 g/mol. The number of aryl methyl sites for hydroxylation is 1. The molecule has 1 atom stereocenters. The second-order valence-electron chi connectivity index (χ2n) is 6.10. The van der Waals surface area contributed by atoms with Crippen molar-refractivity contribution in [3.8, 4) is 5.75 Å². The number of nitrogens with one attached hydrogen (secondary N) is 2. The second-order valence-corrected chi connectivity index (χ2v) is 6.10. The van der Waals surface area contributed by atoms with Crippen LogP contribution in [0.15, 0.2) is 60.3 Å². The van der Waals surface area contributed by atoms with Gasteiger partial charge in [0.15, 0.2) is 5.78 Å². The third-order valence-electron chi connectivity index (χ3n) is 4.22. The molecule has 1 heterocycles. The standard InChI is InChI=1S/C20H22N2O2/c1-14-7-8-17(19(23)11-14)20(24)13-16-12-18(22-10-9-21-16)15-5-3-2-4-6-15/h2-8,11,13,18,21-23H,9-10,12H2,1H3. The van der Waals surface area contributed by atoms with Gasteiger partial charge in [0.2, 0.25) is 0 Å². The molecule has 4 nitrogen and oxygen atoms in total. The molecule has 0 radical (unpaired) electrons. The molecule has 124 valence electrons. The van der Waals surface area contributed by atoms with Crippen LogP contribution in [-0.2, 0) is 0 Å². The van der Waals surface area contributed by atoms with Gasteiger partial charge >= 0.3 is 0 Å². The Kier molecular flexibility index (Phi) is 4.96. The van der Waals surface area contributed by atoms with Crippen molar-refractivity contribution in [1.29, 1.82) is 0 Å². The van der Waals surface area contributed by atoms with Crippen molar-refractivity contribution in [2.75, 3.05) is 13.1 Å². The van der Waals surface area contributed by atoms with Crippen LogP contribution in [0.1, 0.15) is 33.9 Å². The molecule has 1 saturated heterocycles. The van der Waals surface area contributed by atoms with Crippen molar-refractivity contribution in [3.05, 3.63) is 77.0 Å². The molecule has 0 saturated carbocycles. The second kappa shape index (κ2) is 7.32. The molecule has 1 aliphatic heterocycles. The Morgan fingerprint density at radius 2 is 1.96 bits per heavy atom. The van der Waals surface area contributed by atoms with E-state index in [1.54, 1.807) is 18.2 Å². The summed E-state index contributed by atoms with van der Waals surface area (Å²) in [5.74, 6) is -0.146. The first kappa shape index (κ1) is 16.3. The fourth-order valence-corrected chi connectivity index (χ4v) is 2.95. The van der Waals surface area contributed by atoms with Crippen LogP contribution < -0.4 is 10.6 Å². The van der Waals surface area contributed by atoms with Gasteiger partial charge in [-0.25, -0.2) is 0 Å². The van der Waals surface area contributed by atoms with Gasteiger partial charge in [-0.1, -0.05) is 36.4 Å². The SMILES string of the molecule is Cc1ccc(C(=O)C=C2CC(c3ccccc3)NCCN2)c(O)c1. The van der Waals surface area contributed by atoms with Crippen LogP contribution in [0.3, 0.4) is 0 Å². The number of aromatic hydroxyl groups is 1. The van der Waals surface area contributed by atoms with E-state index in [0.717, 1.165) is 24.4 Å². The Morgan fingerprint density at radius 1 is 1.17 bits per heavy atom. The van der Waals surface area contributed by atoms with Crippen LogP contribution in [0.25, 0.3) is 0 Å². The fraction of sp³-hybridized carbons (Fsp3) is 0.250. The van der Waals surface area contributed by atoms with Gasteiger partial charge in [0, 0.05) is 37.3 Å². The molecule has 3 N–H and O–H groups in total. The van der Waals surface area contributed by atoms with Gasteiger partial charge in [0.25, 0.3) is 0 Å². The number of hydrogen-bond acceptors (Lipinski definition) is 4. The van der Waals surface area contributed by atoms with E-state index in [1.807, 2.05) is 31.2 Å². The average molecular weight is 322 g/mol. The third kappa shape index (κ3) is 3.84. The minimum absolute atomic E-state index is 0.0307. The Balaban J connectivity index is 1.81. The van der Waals surface area contributed by atoms with E-state index in [9.17, 15) is 9.90 Å². The highest BCUT2D eigenvalue weighted by molar-refractivity contribution is 6.06. The van der Waals surface area contributed by atoms with Gasteiger partial charge in [0.05, 0.1) is 5.56 Å². The Bertz CT molecular complexity index is 753. The van der Waals surface area contributed by atoms with E-state index in [2.05, 4.69) is 22.8 Å². The minimum Gasteiger partial charge on any atom is -0.507 e. The van der Waals surface area contributed by atoms with Gasteiger partial charge < -0.3 is 15.7 Å². The normalized spacial score (nSPS) is 19.5. The molecule has 0 amide bonds. The molecule has 0 spiro atoms. The number of hydrogen-bond donors (Lipinski definition) is 3. The zero-order chi connectivity index (χ0) is 16.9. The minimum atomic E-state index is -0.177. The molecular weight excluding hydrogens is 300 g/mol. The molecule has 1 aliphatic rings. The number of allylic oxidation sites excluding steroid dienone is 1. The lowest BCUT2D eigenvalue weighted by molar-refractivity contribution is 0.104. The van der Waals surface area contributed by atoms with Crippen LogP contribution >= 0.6 is 0 Å². The van der Waals surface area contributed by atoms with Crippen molar-refractivity contribution in [3.63, 3.8) is 0 Å². The summed E-state index contributed by atoms with van der Waals surface area (Å²) in [7, 11) is 0.